The predicted octanol–water partition coefficient (Wildman–Crippen LogP) is 3.14. The Morgan fingerprint density at radius 2 is 1.86 bits per heavy atom. The zero-order valence-corrected chi connectivity index (χ0v) is 16.1. The summed E-state index contributed by atoms with van der Waals surface area (Å²) < 4.78 is 1.10. The zero-order chi connectivity index (χ0) is 21.1. The SMILES string of the molecule is CCCc1c(C)nc(-n2[nH]c(C)c(N=Nc3ccc([N+](=O)[O-])cc3)c2=O)[nH]c1=O. The van der Waals surface area contributed by atoms with Gasteiger partial charge in [-0.05, 0) is 32.4 Å². The maximum absolute atomic E-state index is 12.7. The summed E-state index contributed by atoms with van der Waals surface area (Å²) in [5.74, 6) is 0.0669. The largest absolute Gasteiger partial charge is 0.301 e. The van der Waals surface area contributed by atoms with E-state index in [1.165, 1.54) is 24.3 Å². The molecule has 0 spiro atoms. The van der Waals surface area contributed by atoms with E-state index in [4.69, 9.17) is 0 Å². The Kier molecular flexibility index (Phi) is 5.48. The molecule has 3 rings (SSSR count). The lowest BCUT2D eigenvalue weighted by molar-refractivity contribution is -0.384. The molecule has 11 nitrogen and oxygen atoms in total. The van der Waals surface area contributed by atoms with Crippen LogP contribution >= 0.6 is 0 Å². The number of rotatable bonds is 6. The monoisotopic (exact) mass is 397 g/mol. The molecule has 2 aromatic heterocycles. The molecule has 0 aliphatic carbocycles. The molecule has 1 aromatic carbocycles. The van der Waals surface area contributed by atoms with Crippen LogP contribution in [0.4, 0.5) is 17.1 Å². The number of aromatic nitrogens is 4. The Balaban J connectivity index is 1.96. The Morgan fingerprint density at radius 3 is 2.45 bits per heavy atom. The van der Waals surface area contributed by atoms with Crippen molar-refractivity contribution in [1.29, 1.82) is 0 Å². The topological polar surface area (TPSA) is 151 Å². The average molecular weight is 397 g/mol. The minimum Gasteiger partial charge on any atom is -0.291 e. The van der Waals surface area contributed by atoms with Gasteiger partial charge in [-0.2, -0.15) is 9.80 Å². The second kappa shape index (κ2) is 8.00. The lowest BCUT2D eigenvalue weighted by Crippen LogP contribution is -2.24. The molecule has 0 unspecified atom stereocenters. The molecule has 0 atom stereocenters. The molecule has 0 saturated heterocycles. The van der Waals surface area contributed by atoms with Gasteiger partial charge in [0.15, 0.2) is 5.69 Å². The normalized spacial score (nSPS) is 11.3. The van der Waals surface area contributed by atoms with E-state index >= 15 is 0 Å². The summed E-state index contributed by atoms with van der Waals surface area (Å²) in [5, 5.41) is 21.4. The summed E-state index contributed by atoms with van der Waals surface area (Å²) in [6, 6.07) is 5.45. The quantitative estimate of drug-likeness (QED) is 0.372. The van der Waals surface area contributed by atoms with Crippen LogP contribution in [0.15, 0.2) is 44.1 Å². The van der Waals surface area contributed by atoms with E-state index < -0.39 is 10.5 Å². The number of aryl methyl sites for hydroxylation is 2. The lowest BCUT2D eigenvalue weighted by atomic mass is 10.1. The molecule has 0 saturated carbocycles. The molecule has 0 aliphatic heterocycles. The molecular weight excluding hydrogens is 378 g/mol. The van der Waals surface area contributed by atoms with Gasteiger partial charge in [-0.15, -0.1) is 5.11 Å². The zero-order valence-electron chi connectivity index (χ0n) is 16.1. The third-order valence-corrected chi connectivity index (χ3v) is 4.29. The number of nitro benzene ring substituents is 1. The highest BCUT2D eigenvalue weighted by Gasteiger charge is 2.16. The molecule has 0 fully saturated rings. The number of hydrogen-bond acceptors (Lipinski definition) is 7. The number of azo groups is 1. The molecule has 29 heavy (non-hydrogen) atoms. The van der Waals surface area contributed by atoms with Crippen molar-refractivity contribution in [3.8, 4) is 5.95 Å². The highest BCUT2D eigenvalue weighted by molar-refractivity contribution is 5.45. The van der Waals surface area contributed by atoms with Crippen molar-refractivity contribution >= 4 is 17.1 Å². The maximum atomic E-state index is 12.7. The molecule has 2 N–H and O–H groups in total. The van der Waals surface area contributed by atoms with Crippen LogP contribution in [0.1, 0.15) is 30.3 Å². The van der Waals surface area contributed by atoms with Gasteiger partial charge in [-0.3, -0.25) is 29.8 Å². The van der Waals surface area contributed by atoms with Crippen LogP contribution in [0, 0.1) is 24.0 Å². The minimum absolute atomic E-state index is 0.0429. The Labute approximate surface area is 164 Å². The molecule has 3 aromatic rings. The number of nitro groups is 1. The molecule has 0 radical (unpaired) electrons. The highest BCUT2D eigenvalue weighted by Crippen LogP contribution is 2.21. The first kappa shape index (κ1) is 19.9. The van der Waals surface area contributed by atoms with Crippen molar-refractivity contribution < 1.29 is 4.92 Å². The standard InChI is InChI=1S/C18H19N7O4/c1-4-5-14-10(2)19-18(20-16(14)26)24-17(27)15(11(3)23-24)22-21-12-6-8-13(9-7-12)25(28)29/h6-9,23H,4-5H2,1-3H3,(H,19,20,26). The fourth-order valence-electron chi connectivity index (χ4n) is 2.80. The van der Waals surface area contributed by atoms with Crippen molar-refractivity contribution in [2.45, 2.75) is 33.6 Å². The first-order valence-electron chi connectivity index (χ1n) is 8.89. The predicted molar refractivity (Wildman–Crippen MR) is 106 cm³/mol. The van der Waals surface area contributed by atoms with Crippen molar-refractivity contribution in [2.24, 2.45) is 10.2 Å². The van der Waals surface area contributed by atoms with Crippen LogP contribution < -0.4 is 11.1 Å². The van der Waals surface area contributed by atoms with Gasteiger partial charge in [0.1, 0.15) is 0 Å². The molecule has 0 bridgehead atoms. The van der Waals surface area contributed by atoms with E-state index in [9.17, 15) is 19.7 Å². The van der Waals surface area contributed by atoms with E-state index in [1.54, 1.807) is 13.8 Å². The first-order valence-corrected chi connectivity index (χ1v) is 8.89. The maximum Gasteiger partial charge on any atom is 0.301 e. The van der Waals surface area contributed by atoms with Gasteiger partial charge in [0.05, 0.1) is 22.0 Å². The van der Waals surface area contributed by atoms with Gasteiger partial charge in [-0.25, -0.2) is 4.98 Å². The molecule has 150 valence electrons. The highest BCUT2D eigenvalue weighted by atomic mass is 16.6. The molecule has 0 aliphatic rings. The van der Waals surface area contributed by atoms with Gasteiger partial charge in [0.25, 0.3) is 11.2 Å². The number of H-pyrrole nitrogens is 2. The number of non-ortho nitro benzene ring substituents is 1. The van der Waals surface area contributed by atoms with Crippen LogP contribution in [0.5, 0.6) is 0 Å². The fourth-order valence-corrected chi connectivity index (χ4v) is 2.80. The second-order valence-electron chi connectivity index (χ2n) is 6.40. The smallest absolute Gasteiger partial charge is 0.291 e. The third kappa shape index (κ3) is 4.03. The van der Waals surface area contributed by atoms with Crippen LogP contribution in [0.25, 0.3) is 5.95 Å². The van der Waals surface area contributed by atoms with E-state index in [0.29, 0.717) is 29.1 Å². The van der Waals surface area contributed by atoms with Gasteiger partial charge in [0.2, 0.25) is 5.95 Å². The molecule has 0 amide bonds. The molecule has 2 heterocycles. The van der Waals surface area contributed by atoms with Crippen LogP contribution in [-0.4, -0.2) is 24.7 Å². The number of nitrogens with one attached hydrogen (secondary N) is 2. The van der Waals surface area contributed by atoms with E-state index in [0.717, 1.165) is 11.1 Å². The third-order valence-electron chi connectivity index (χ3n) is 4.29. The Morgan fingerprint density at radius 1 is 1.17 bits per heavy atom. The van der Waals surface area contributed by atoms with Crippen molar-refractivity contribution in [3.05, 3.63) is 72.0 Å². The number of nitrogens with zero attached hydrogens (tertiary/aromatic N) is 5. The summed E-state index contributed by atoms with van der Waals surface area (Å²) in [5.41, 5.74) is 1.08. The van der Waals surface area contributed by atoms with Gasteiger partial charge in [0, 0.05) is 17.7 Å². The summed E-state index contributed by atoms with van der Waals surface area (Å²) >= 11 is 0. The van der Waals surface area contributed by atoms with Crippen LogP contribution in [-0.2, 0) is 6.42 Å². The summed E-state index contributed by atoms with van der Waals surface area (Å²) in [7, 11) is 0. The summed E-state index contributed by atoms with van der Waals surface area (Å²) in [6.45, 7) is 5.33. The molecule has 11 heteroatoms. The molecular formula is C18H19N7O4. The fraction of sp³-hybridized carbons (Fsp3) is 0.278. The Bertz CT molecular complexity index is 1200. The first-order chi connectivity index (χ1) is 13.8. The van der Waals surface area contributed by atoms with E-state index in [2.05, 4.69) is 25.3 Å². The van der Waals surface area contributed by atoms with Gasteiger partial charge >= 0.3 is 5.56 Å². The van der Waals surface area contributed by atoms with Gasteiger partial charge < -0.3 is 0 Å². The number of benzene rings is 1. The summed E-state index contributed by atoms with van der Waals surface area (Å²) in [6.07, 6.45) is 1.40. The van der Waals surface area contributed by atoms with Crippen molar-refractivity contribution in [1.82, 2.24) is 19.7 Å². The minimum atomic E-state index is -0.529. The summed E-state index contributed by atoms with van der Waals surface area (Å²) in [4.78, 5) is 42.1. The average Bonchev–Trinajstić information content (AvgIpc) is 2.97. The van der Waals surface area contributed by atoms with E-state index in [1.807, 2.05) is 6.92 Å². The van der Waals surface area contributed by atoms with Crippen molar-refractivity contribution in [3.63, 3.8) is 0 Å². The second-order valence-corrected chi connectivity index (χ2v) is 6.40. The van der Waals surface area contributed by atoms with Crippen LogP contribution in [0.3, 0.4) is 0 Å². The van der Waals surface area contributed by atoms with Crippen molar-refractivity contribution in [2.75, 3.05) is 0 Å². The van der Waals surface area contributed by atoms with Gasteiger partial charge in [-0.1, -0.05) is 13.3 Å². The van der Waals surface area contributed by atoms with E-state index in [-0.39, 0.29) is 22.9 Å². The van der Waals surface area contributed by atoms with Crippen LogP contribution in [0.2, 0.25) is 0 Å². The number of hydrogen-bond donors (Lipinski definition) is 2. The Hall–Kier alpha value is -3.89. The lowest BCUT2D eigenvalue weighted by Gasteiger charge is -2.06. The number of aromatic amines is 2.